The molecule has 29 heavy (non-hydrogen) atoms. The van der Waals surface area contributed by atoms with E-state index in [9.17, 15) is 23.1 Å². The molecular weight excluding hydrogens is 418 g/mol. The van der Waals surface area contributed by atoms with Crippen molar-refractivity contribution in [3.63, 3.8) is 0 Å². The number of aromatic nitrogens is 1. The summed E-state index contributed by atoms with van der Waals surface area (Å²) in [6.45, 7) is 1.27. The number of anilines is 1. The number of ether oxygens (including phenoxy) is 1. The Hall–Kier alpha value is -2.66. The summed E-state index contributed by atoms with van der Waals surface area (Å²) < 4.78 is 29.8. The van der Waals surface area contributed by atoms with Crippen molar-refractivity contribution in [3.05, 3.63) is 47.1 Å². The first-order chi connectivity index (χ1) is 14.0. The highest BCUT2D eigenvalue weighted by atomic mass is 32.2. The van der Waals surface area contributed by atoms with E-state index >= 15 is 0 Å². The molecular formula is C18H21N3O6S2. The first-order valence-corrected chi connectivity index (χ1v) is 11.0. The van der Waals surface area contributed by atoms with Crippen molar-refractivity contribution in [2.75, 3.05) is 23.9 Å². The Bertz CT molecular complexity index is 915. The molecule has 1 N–H and O–H groups in total. The van der Waals surface area contributed by atoms with Crippen LogP contribution in [0.4, 0.5) is 9.80 Å². The maximum absolute atomic E-state index is 12.2. The van der Waals surface area contributed by atoms with Crippen LogP contribution in [-0.2, 0) is 22.2 Å². The number of carbonyl (C=O) groups excluding carboxylic acids is 1. The van der Waals surface area contributed by atoms with Crippen molar-refractivity contribution < 1.29 is 27.9 Å². The smallest absolute Gasteiger partial charge is 0.410 e. The van der Waals surface area contributed by atoms with Gasteiger partial charge in [-0.05, 0) is 24.3 Å². The van der Waals surface area contributed by atoms with Gasteiger partial charge < -0.3 is 14.7 Å². The number of carboxylic acids is 1. The number of amides is 1. The van der Waals surface area contributed by atoms with Gasteiger partial charge in [-0.1, -0.05) is 30.3 Å². The van der Waals surface area contributed by atoms with Crippen molar-refractivity contribution in [1.82, 2.24) is 9.88 Å². The molecule has 156 valence electrons. The summed E-state index contributed by atoms with van der Waals surface area (Å²) in [7, 11) is -3.00. The number of piperidine rings is 1. The summed E-state index contributed by atoms with van der Waals surface area (Å²) in [6, 6.07) is 9.40. The Kier molecular flexibility index (Phi) is 7.04. The van der Waals surface area contributed by atoms with Gasteiger partial charge in [0.15, 0.2) is 5.69 Å². The average Bonchev–Trinajstić information content (AvgIpc) is 3.21. The molecule has 9 nitrogen and oxygen atoms in total. The third-order valence-electron chi connectivity index (χ3n) is 4.69. The normalized spacial score (nSPS) is 14.7. The van der Waals surface area contributed by atoms with E-state index in [4.69, 9.17) is 4.74 Å². The number of rotatable bonds is 7. The zero-order valence-corrected chi connectivity index (χ0v) is 17.2. The molecule has 11 heteroatoms. The lowest BCUT2D eigenvalue weighted by molar-refractivity contribution is 0.0691. The Morgan fingerprint density at radius 2 is 1.93 bits per heavy atom. The standard InChI is InChI=1S/C18H21N3O6S2/c22-17(23)15-16(28-12-19-15)21(29(25)26)10-13-6-8-20(9-7-13)18(24)27-11-14-4-2-1-3-5-14/h1-5,12-13,29H,6-11H2,(H,22,23). The monoisotopic (exact) mass is 439 g/mol. The van der Waals surface area contributed by atoms with Crippen LogP contribution in [0.25, 0.3) is 0 Å². The number of aromatic carboxylic acids is 1. The van der Waals surface area contributed by atoms with Crippen LogP contribution in [0.15, 0.2) is 35.8 Å². The molecule has 1 fully saturated rings. The number of carbonyl (C=O) groups is 2. The van der Waals surface area contributed by atoms with Crippen LogP contribution >= 0.6 is 11.3 Å². The lowest BCUT2D eigenvalue weighted by Gasteiger charge is -2.33. The highest BCUT2D eigenvalue weighted by Crippen LogP contribution is 2.28. The summed E-state index contributed by atoms with van der Waals surface area (Å²) in [5, 5.41) is 9.29. The lowest BCUT2D eigenvalue weighted by atomic mass is 9.97. The van der Waals surface area contributed by atoms with Gasteiger partial charge in [0.05, 0.1) is 5.51 Å². The fraction of sp³-hybridized carbons (Fsp3) is 0.389. The minimum atomic E-state index is -3.00. The van der Waals surface area contributed by atoms with E-state index in [1.807, 2.05) is 30.3 Å². The van der Waals surface area contributed by atoms with E-state index in [1.165, 1.54) is 5.51 Å². The van der Waals surface area contributed by atoms with Gasteiger partial charge in [-0.2, -0.15) is 0 Å². The van der Waals surface area contributed by atoms with Crippen LogP contribution in [0, 0.1) is 5.92 Å². The Morgan fingerprint density at radius 1 is 1.24 bits per heavy atom. The molecule has 0 radical (unpaired) electrons. The minimum Gasteiger partial charge on any atom is -0.476 e. The molecule has 0 unspecified atom stereocenters. The third kappa shape index (κ3) is 5.45. The van der Waals surface area contributed by atoms with Gasteiger partial charge in [-0.25, -0.2) is 23.0 Å². The van der Waals surface area contributed by atoms with Crippen LogP contribution in [0.1, 0.15) is 28.9 Å². The van der Waals surface area contributed by atoms with E-state index in [0.717, 1.165) is 21.2 Å². The number of likely N-dealkylation sites (tertiary alicyclic amines) is 1. The van der Waals surface area contributed by atoms with Crippen LogP contribution in [0.2, 0.25) is 0 Å². The van der Waals surface area contributed by atoms with Gasteiger partial charge in [0.25, 0.3) is 0 Å². The molecule has 0 saturated carbocycles. The number of thiazole rings is 1. The van der Waals surface area contributed by atoms with E-state index in [-0.39, 0.29) is 29.8 Å². The van der Waals surface area contributed by atoms with Crippen molar-refractivity contribution >= 4 is 39.3 Å². The maximum atomic E-state index is 12.2. The molecule has 0 atom stereocenters. The minimum absolute atomic E-state index is 0.00446. The highest BCUT2D eigenvalue weighted by Gasteiger charge is 2.28. The number of hydrogen-bond donors (Lipinski definition) is 2. The molecule has 1 saturated heterocycles. The summed E-state index contributed by atoms with van der Waals surface area (Å²) in [5.41, 5.74) is 1.95. The van der Waals surface area contributed by atoms with Crippen molar-refractivity contribution in [3.8, 4) is 0 Å². The molecule has 2 heterocycles. The third-order valence-corrected chi connectivity index (χ3v) is 6.43. The number of benzene rings is 1. The van der Waals surface area contributed by atoms with Gasteiger partial charge in [-0.3, -0.25) is 4.31 Å². The first kappa shape index (κ1) is 21.1. The molecule has 0 aliphatic carbocycles. The molecule has 1 aliphatic heterocycles. The number of carboxylic acid groups (broad SMARTS) is 1. The highest BCUT2D eigenvalue weighted by molar-refractivity contribution is 7.74. The van der Waals surface area contributed by atoms with Crippen molar-refractivity contribution in [2.45, 2.75) is 19.4 Å². The molecule has 1 aromatic heterocycles. The largest absolute Gasteiger partial charge is 0.476 e. The number of hydrogen-bond acceptors (Lipinski definition) is 7. The molecule has 0 spiro atoms. The van der Waals surface area contributed by atoms with Gasteiger partial charge >= 0.3 is 12.1 Å². The SMILES string of the molecule is O=C(O)c1ncsc1N(CC1CCN(C(=O)OCc2ccccc2)CC1)[SH](=O)=O. The average molecular weight is 440 g/mol. The lowest BCUT2D eigenvalue weighted by Crippen LogP contribution is -2.41. The maximum Gasteiger partial charge on any atom is 0.410 e. The van der Waals surface area contributed by atoms with Crippen molar-refractivity contribution in [1.29, 1.82) is 0 Å². The van der Waals surface area contributed by atoms with Crippen LogP contribution in [0.5, 0.6) is 0 Å². The van der Waals surface area contributed by atoms with Gasteiger partial charge in [0, 0.05) is 19.6 Å². The molecule has 1 amide bonds. The summed E-state index contributed by atoms with van der Waals surface area (Å²) >= 11 is 0.978. The van der Waals surface area contributed by atoms with E-state index in [1.54, 1.807) is 4.90 Å². The van der Waals surface area contributed by atoms with Crippen LogP contribution < -0.4 is 4.31 Å². The second kappa shape index (κ2) is 9.70. The molecule has 2 aromatic rings. The molecule has 3 rings (SSSR count). The second-order valence-corrected chi connectivity index (χ2v) is 8.39. The molecule has 1 aliphatic rings. The summed E-state index contributed by atoms with van der Waals surface area (Å²) in [4.78, 5) is 28.8. The Balaban J connectivity index is 1.53. The van der Waals surface area contributed by atoms with Crippen LogP contribution in [0.3, 0.4) is 0 Å². The van der Waals surface area contributed by atoms with Gasteiger partial charge in [-0.15, -0.1) is 11.3 Å². The fourth-order valence-corrected chi connectivity index (χ4v) is 4.80. The Morgan fingerprint density at radius 3 is 2.55 bits per heavy atom. The predicted molar refractivity (Wildman–Crippen MR) is 108 cm³/mol. The predicted octanol–water partition coefficient (Wildman–Crippen LogP) is 2.22. The zero-order chi connectivity index (χ0) is 20.8. The number of nitrogens with zero attached hydrogens (tertiary/aromatic N) is 3. The van der Waals surface area contributed by atoms with Gasteiger partial charge in [0.2, 0.25) is 10.9 Å². The summed E-state index contributed by atoms with van der Waals surface area (Å²) in [5.74, 6) is -1.26. The topological polar surface area (TPSA) is 117 Å². The van der Waals surface area contributed by atoms with E-state index in [0.29, 0.717) is 25.9 Å². The van der Waals surface area contributed by atoms with Gasteiger partial charge in [0.1, 0.15) is 11.6 Å². The first-order valence-electron chi connectivity index (χ1n) is 9.00. The quantitative estimate of drug-likeness (QED) is 0.635. The zero-order valence-electron chi connectivity index (χ0n) is 15.5. The van der Waals surface area contributed by atoms with Crippen LogP contribution in [-0.4, -0.2) is 55.1 Å². The fourth-order valence-electron chi connectivity index (χ4n) is 3.15. The second-order valence-electron chi connectivity index (χ2n) is 6.60. The van der Waals surface area contributed by atoms with E-state index < -0.39 is 23.0 Å². The molecule has 0 bridgehead atoms. The van der Waals surface area contributed by atoms with Crippen molar-refractivity contribution in [2.24, 2.45) is 5.92 Å². The van der Waals surface area contributed by atoms with E-state index in [2.05, 4.69) is 4.98 Å². The Labute approximate surface area is 173 Å². The number of thiol groups is 1. The molecule has 1 aromatic carbocycles. The summed E-state index contributed by atoms with van der Waals surface area (Å²) in [6.07, 6.45) is 0.803.